The Labute approximate surface area is 209 Å². The molecule has 3 aromatic rings. The molecule has 0 radical (unpaired) electrons. The van der Waals surface area contributed by atoms with E-state index in [0.717, 1.165) is 37.6 Å². The number of nitrogen functional groups attached to an aromatic ring is 1. The van der Waals surface area contributed by atoms with Gasteiger partial charge in [0.15, 0.2) is 5.65 Å². The maximum atomic E-state index is 13.0. The summed E-state index contributed by atoms with van der Waals surface area (Å²) in [6.45, 7) is 2.91. The number of carbonyl (C=O) groups excluding carboxylic acids is 1. The summed E-state index contributed by atoms with van der Waals surface area (Å²) in [6, 6.07) is 4.91. The van der Waals surface area contributed by atoms with Crippen LogP contribution in [0.25, 0.3) is 11.2 Å². The number of pyridine rings is 1. The Hall–Kier alpha value is -3.87. The van der Waals surface area contributed by atoms with Gasteiger partial charge in [-0.1, -0.05) is 0 Å². The monoisotopic (exact) mass is 518 g/mol. The molecule has 0 spiro atoms. The van der Waals surface area contributed by atoms with Gasteiger partial charge < -0.3 is 25.4 Å². The predicted octanol–water partition coefficient (Wildman–Crippen LogP) is 2.81. The van der Waals surface area contributed by atoms with Crippen LogP contribution in [-0.2, 0) is 4.74 Å². The number of carbonyl (C=O) groups is 1. The Morgan fingerprint density at radius 1 is 1.16 bits per heavy atom. The Bertz CT molecular complexity index is 1370. The quantitative estimate of drug-likeness (QED) is 0.478. The molecule has 2 fully saturated rings. The second-order valence-corrected chi connectivity index (χ2v) is 9.14. The van der Waals surface area contributed by atoms with E-state index in [0.29, 0.717) is 43.0 Å². The second-order valence-electron chi connectivity index (χ2n) is 9.14. The normalized spacial score (nSPS) is 17.0. The molecule has 0 bridgehead atoms. The van der Waals surface area contributed by atoms with Crippen molar-refractivity contribution in [3.8, 4) is 5.75 Å². The van der Waals surface area contributed by atoms with Crippen molar-refractivity contribution in [2.75, 3.05) is 43.9 Å². The number of halogens is 3. The van der Waals surface area contributed by atoms with Crippen LogP contribution in [0.15, 0.2) is 41.5 Å². The van der Waals surface area contributed by atoms with Crippen molar-refractivity contribution in [2.24, 2.45) is 5.92 Å². The number of alkyl halides is 3. The van der Waals surface area contributed by atoms with E-state index in [2.05, 4.69) is 20.0 Å². The molecule has 0 aliphatic carbocycles. The summed E-state index contributed by atoms with van der Waals surface area (Å²) < 4.78 is 48.0. The van der Waals surface area contributed by atoms with Crippen molar-refractivity contribution >= 4 is 28.4 Å². The minimum Gasteiger partial charge on any atom is -0.406 e. The third kappa shape index (κ3) is 5.45. The molecular weight excluding hydrogens is 493 g/mol. The fourth-order valence-electron chi connectivity index (χ4n) is 4.56. The van der Waals surface area contributed by atoms with Crippen LogP contribution >= 0.6 is 0 Å². The number of fused-ring (bicyclic) bond motifs is 1. The van der Waals surface area contributed by atoms with Crippen LogP contribution in [0.1, 0.15) is 29.2 Å². The molecule has 0 saturated carbocycles. The summed E-state index contributed by atoms with van der Waals surface area (Å²) in [4.78, 5) is 36.1. The predicted molar refractivity (Wildman–Crippen MR) is 128 cm³/mol. The molecular formula is C24H25F3N6O4. The topological polar surface area (TPSA) is 125 Å². The van der Waals surface area contributed by atoms with Crippen LogP contribution in [0.2, 0.25) is 0 Å². The number of ether oxygens (including phenoxy) is 2. The fourth-order valence-corrected chi connectivity index (χ4v) is 4.56. The maximum absolute atomic E-state index is 13.0. The van der Waals surface area contributed by atoms with Crippen molar-refractivity contribution in [2.45, 2.75) is 25.2 Å². The minimum atomic E-state index is -4.85. The molecule has 0 unspecified atom stereocenters. The van der Waals surface area contributed by atoms with Gasteiger partial charge in [0.2, 0.25) is 0 Å². The molecule has 5 rings (SSSR count). The van der Waals surface area contributed by atoms with E-state index in [1.54, 1.807) is 15.7 Å². The van der Waals surface area contributed by atoms with Gasteiger partial charge in [-0.3, -0.25) is 14.2 Å². The van der Waals surface area contributed by atoms with Crippen LogP contribution in [-0.4, -0.2) is 64.6 Å². The van der Waals surface area contributed by atoms with Crippen molar-refractivity contribution < 1.29 is 27.4 Å². The number of benzene rings is 1. The Morgan fingerprint density at radius 2 is 1.92 bits per heavy atom. The number of piperidine rings is 1. The first-order chi connectivity index (χ1) is 17.7. The molecule has 2 aliphatic rings. The summed E-state index contributed by atoms with van der Waals surface area (Å²) in [6.07, 6.45) is -0.927. The summed E-state index contributed by atoms with van der Waals surface area (Å²) in [5, 5.41) is 3.32. The number of hydrogen-bond donors (Lipinski definition) is 2. The highest BCUT2D eigenvalue weighted by molar-refractivity contribution is 5.99. The lowest BCUT2D eigenvalue weighted by Gasteiger charge is -2.33. The average Bonchev–Trinajstić information content (AvgIpc) is 2.82. The van der Waals surface area contributed by atoms with Crippen LogP contribution in [0, 0.1) is 5.92 Å². The molecule has 0 atom stereocenters. The molecule has 3 N–H and O–H groups in total. The van der Waals surface area contributed by atoms with E-state index in [9.17, 15) is 22.8 Å². The van der Waals surface area contributed by atoms with Crippen molar-refractivity contribution in [3.05, 3.63) is 52.6 Å². The van der Waals surface area contributed by atoms with E-state index in [1.165, 1.54) is 12.3 Å². The first-order valence-electron chi connectivity index (χ1n) is 11.8. The van der Waals surface area contributed by atoms with Gasteiger partial charge in [0.1, 0.15) is 11.3 Å². The van der Waals surface area contributed by atoms with Gasteiger partial charge in [-0.05, 0) is 31.0 Å². The lowest BCUT2D eigenvalue weighted by atomic mass is 10.0. The van der Waals surface area contributed by atoms with Gasteiger partial charge in [0, 0.05) is 43.3 Å². The van der Waals surface area contributed by atoms with Gasteiger partial charge >= 0.3 is 6.36 Å². The third-order valence-corrected chi connectivity index (χ3v) is 6.53. The van der Waals surface area contributed by atoms with Crippen LogP contribution in [0.3, 0.4) is 0 Å². The Kier molecular flexibility index (Phi) is 6.63. The fraction of sp³-hybridized carbons (Fsp3) is 0.417. The van der Waals surface area contributed by atoms with Crippen molar-refractivity contribution in [1.29, 1.82) is 0 Å². The first kappa shape index (κ1) is 24.8. The van der Waals surface area contributed by atoms with Gasteiger partial charge in [-0.15, -0.1) is 13.2 Å². The summed E-state index contributed by atoms with van der Waals surface area (Å²) in [7, 11) is 0. The number of nitrogens with two attached hydrogens (primary N) is 1. The molecule has 2 aliphatic heterocycles. The molecule has 4 heterocycles. The Balaban J connectivity index is 1.27. The zero-order chi connectivity index (χ0) is 26.2. The molecule has 2 aromatic heterocycles. The van der Waals surface area contributed by atoms with Crippen molar-refractivity contribution in [1.82, 2.24) is 19.4 Å². The zero-order valence-electron chi connectivity index (χ0n) is 19.7. The Morgan fingerprint density at radius 3 is 2.57 bits per heavy atom. The lowest BCUT2D eigenvalue weighted by molar-refractivity contribution is -0.274. The summed E-state index contributed by atoms with van der Waals surface area (Å²) >= 11 is 0. The van der Waals surface area contributed by atoms with E-state index < -0.39 is 18.0 Å². The zero-order valence-corrected chi connectivity index (χ0v) is 19.7. The van der Waals surface area contributed by atoms with Gasteiger partial charge in [0.05, 0.1) is 36.9 Å². The SMILES string of the molecule is Nc1cc(OC(F)(F)F)ccc1C(=O)N1CCC(n2c(=O)cnc3cc(NCC4COC4)cnc32)CC1. The standard InChI is InChI=1S/C24H25F3N6O4/c25-24(26,27)37-17-1-2-18(19(28)8-17)23(35)32-5-3-16(4-6-32)33-21(34)11-30-20-7-15(10-31-22(20)33)29-9-14-12-36-13-14/h1-2,7-8,10-11,14,16,29H,3-6,9,12-13,28H2. The number of rotatable bonds is 6. The van der Waals surface area contributed by atoms with Crippen molar-refractivity contribution in [3.63, 3.8) is 0 Å². The molecule has 13 heteroatoms. The van der Waals surface area contributed by atoms with Crippen LogP contribution in [0.4, 0.5) is 24.5 Å². The molecule has 196 valence electrons. The highest BCUT2D eigenvalue weighted by Gasteiger charge is 2.32. The average molecular weight is 518 g/mol. The van der Waals surface area contributed by atoms with E-state index in [4.69, 9.17) is 10.5 Å². The van der Waals surface area contributed by atoms with Gasteiger partial charge in [-0.25, -0.2) is 9.97 Å². The number of hydrogen-bond acceptors (Lipinski definition) is 8. The first-order valence-corrected chi connectivity index (χ1v) is 11.8. The smallest absolute Gasteiger partial charge is 0.406 e. The van der Waals surface area contributed by atoms with Gasteiger partial charge in [-0.2, -0.15) is 0 Å². The number of nitrogens with zero attached hydrogens (tertiary/aromatic N) is 4. The van der Waals surface area contributed by atoms with E-state index >= 15 is 0 Å². The lowest BCUT2D eigenvalue weighted by Crippen LogP contribution is -2.41. The largest absolute Gasteiger partial charge is 0.573 e. The minimum absolute atomic E-state index is 0.0923. The van der Waals surface area contributed by atoms with E-state index in [1.807, 2.05) is 6.07 Å². The maximum Gasteiger partial charge on any atom is 0.573 e. The third-order valence-electron chi connectivity index (χ3n) is 6.53. The summed E-state index contributed by atoms with van der Waals surface area (Å²) in [5.41, 5.74) is 7.41. The molecule has 37 heavy (non-hydrogen) atoms. The number of anilines is 2. The number of aromatic nitrogens is 3. The second kappa shape index (κ2) is 9.88. The van der Waals surface area contributed by atoms with Gasteiger partial charge in [0.25, 0.3) is 11.5 Å². The highest BCUT2D eigenvalue weighted by atomic mass is 19.4. The van der Waals surface area contributed by atoms with Crippen LogP contribution in [0.5, 0.6) is 5.75 Å². The number of amides is 1. The summed E-state index contributed by atoms with van der Waals surface area (Å²) in [5.74, 6) is -0.425. The number of nitrogens with one attached hydrogen (secondary N) is 1. The van der Waals surface area contributed by atoms with Crippen LogP contribution < -0.4 is 21.3 Å². The highest BCUT2D eigenvalue weighted by Crippen LogP contribution is 2.29. The number of likely N-dealkylation sites (tertiary alicyclic amines) is 1. The molecule has 10 nitrogen and oxygen atoms in total. The molecule has 1 amide bonds. The van der Waals surface area contributed by atoms with E-state index in [-0.39, 0.29) is 22.9 Å². The molecule has 1 aromatic carbocycles. The molecule has 2 saturated heterocycles.